The van der Waals surface area contributed by atoms with E-state index in [1.807, 2.05) is 20.8 Å². The Balaban J connectivity index is 4.26. The molecule has 0 radical (unpaired) electrons. The van der Waals surface area contributed by atoms with Gasteiger partial charge in [-0.25, -0.2) is 13.1 Å². The standard InChI is InChI=1S/C14H30N2O5S/c1-6-9-16(11-13(20-4)14(17)12(2)3)21-10-7-8-15-22(5,18)19/h12-13,15H,6-11H2,1-5H3. The van der Waals surface area contributed by atoms with Gasteiger partial charge in [0.05, 0.1) is 19.4 Å². The number of ether oxygens (including phenoxy) is 1. The van der Waals surface area contributed by atoms with Gasteiger partial charge in [-0.3, -0.25) is 9.63 Å². The molecule has 0 rings (SSSR count). The molecule has 0 saturated heterocycles. The third-order valence-electron chi connectivity index (χ3n) is 2.97. The van der Waals surface area contributed by atoms with Crippen LogP contribution in [-0.2, 0) is 24.4 Å². The topological polar surface area (TPSA) is 84.9 Å². The molecule has 0 amide bonds. The zero-order valence-electron chi connectivity index (χ0n) is 14.3. The molecule has 0 saturated carbocycles. The number of sulfonamides is 1. The van der Waals surface area contributed by atoms with Crippen LogP contribution in [0.25, 0.3) is 0 Å². The van der Waals surface area contributed by atoms with Gasteiger partial charge in [-0.15, -0.1) is 0 Å². The van der Waals surface area contributed by atoms with Gasteiger partial charge in [-0.05, 0) is 12.8 Å². The predicted molar refractivity (Wildman–Crippen MR) is 85.9 cm³/mol. The van der Waals surface area contributed by atoms with Crippen LogP contribution < -0.4 is 4.72 Å². The summed E-state index contributed by atoms with van der Waals surface area (Å²) < 4.78 is 29.5. The minimum Gasteiger partial charge on any atom is -0.372 e. The number of Topliss-reactive ketones (excluding diaryl/α,β-unsaturated/α-hetero) is 1. The number of hydrogen-bond acceptors (Lipinski definition) is 6. The first-order chi connectivity index (χ1) is 10.2. The normalized spacial score (nSPS) is 13.8. The maximum atomic E-state index is 12.0. The number of methoxy groups -OCH3 is 1. The van der Waals surface area contributed by atoms with Gasteiger partial charge >= 0.3 is 0 Å². The molecule has 0 aromatic heterocycles. The van der Waals surface area contributed by atoms with Gasteiger partial charge in [0.25, 0.3) is 0 Å². The molecule has 0 spiro atoms. The Morgan fingerprint density at radius 3 is 2.41 bits per heavy atom. The Labute approximate surface area is 134 Å². The van der Waals surface area contributed by atoms with E-state index in [1.165, 1.54) is 7.11 Å². The second-order valence-electron chi connectivity index (χ2n) is 5.52. The van der Waals surface area contributed by atoms with Crippen molar-refractivity contribution in [3.05, 3.63) is 0 Å². The number of carbonyl (C=O) groups excluding carboxylic acids is 1. The van der Waals surface area contributed by atoms with Crippen LogP contribution in [0.1, 0.15) is 33.6 Å². The molecule has 1 atom stereocenters. The first kappa shape index (κ1) is 21.5. The summed E-state index contributed by atoms with van der Waals surface area (Å²) in [6.45, 7) is 7.48. The van der Waals surface area contributed by atoms with Gasteiger partial charge in [0.1, 0.15) is 6.10 Å². The molecule has 132 valence electrons. The van der Waals surface area contributed by atoms with Gasteiger partial charge in [-0.2, -0.15) is 5.06 Å². The van der Waals surface area contributed by atoms with E-state index in [0.29, 0.717) is 32.7 Å². The van der Waals surface area contributed by atoms with Crippen LogP contribution in [0.2, 0.25) is 0 Å². The summed E-state index contributed by atoms with van der Waals surface area (Å²) in [5.74, 6) is -0.0432. The number of ketones is 1. The van der Waals surface area contributed by atoms with Crippen LogP contribution in [0, 0.1) is 5.92 Å². The third kappa shape index (κ3) is 10.2. The molecular formula is C14H30N2O5S. The van der Waals surface area contributed by atoms with Crippen molar-refractivity contribution in [1.82, 2.24) is 9.79 Å². The van der Waals surface area contributed by atoms with E-state index in [2.05, 4.69) is 4.72 Å². The first-order valence-electron chi connectivity index (χ1n) is 7.60. The summed E-state index contributed by atoms with van der Waals surface area (Å²) >= 11 is 0. The van der Waals surface area contributed by atoms with Gasteiger partial charge in [0, 0.05) is 26.1 Å². The molecule has 22 heavy (non-hydrogen) atoms. The second kappa shape index (κ2) is 11.1. The minimum absolute atomic E-state index is 0.0472. The Hall–Kier alpha value is -0.540. The quantitative estimate of drug-likeness (QED) is 0.395. The summed E-state index contributed by atoms with van der Waals surface area (Å²) in [5.41, 5.74) is 0. The molecule has 0 fully saturated rings. The molecular weight excluding hydrogens is 308 g/mol. The van der Waals surface area contributed by atoms with Crippen LogP contribution in [0.15, 0.2) is 0 Å². The van der Waals surface area contributed by atoms with E-state index in [0.717, 1.165) is 12.7 Å². The van der Waals surface area contributed by atoms with Crippen molar-refractivity contribution in [3.8, 4) is 0 Å². The molecule has 0 aliphatic heterocycles. The van der Waals surface area contributed by atoms with E-state index >= 15 is 0 Å². The Bertz CT molecular complexity index is 411. The molecule has 7 nitrogen and oxygen atoms in total. The lowest BCUT2D eigenvalue weighted by molar-refractivity contribution is -0.180. The van der Waals surface area contributed by atoms with Gasteiger partial charge in [0.2, 0.25) is 10.0 Å². The molecule has 0 aliphatic carbocycles. The SMILES string of the molecule is CCCN(CC(OC)C(=O)C(C)C)OCCCNS(C)(=O)=O. The summed E-state index contributed by atoms with van der Waals surface area (Å²) in [5, 5.41) is 1.72. The third-order valence-corrected chi connectivity index (χ3v) is 3.70. The number of hydroxylamine groups is 2. The molecule has 8 heteroatoms. The summed E-state index contributed by atoms with van der Waals surface area (Å²) in [4.78, 5) is 17.6. The number of hydrogen-bond donors (Lipinski definition) is 1. The molecule has 1 unspecified atom stereocenters. The Kier molecular flexibility index (Phi) is 10.8. The van der Waals surface area contributed by atoms with Crippen LogP contribution in [0.3, 0.4) is 0 Å². The largest absolute Gasteiger partial charge is 0.372 e. The fourth-order valence-electron chi connectivity index (χ4n) is 1.82. The Morgan fingerprint density at radius 1 is 1.32 bits per heavy atom. The van der Waals surface area contributed by atoms with Crippen molar-refractivity contribution < 1.29 is 22.8 Å². The van der Waals surface area contributed by atoms with E-state index < -0.39 is 16.1 Å². The van der Waals surface area contributed by atoms with Crippen LogP contribution in [0.4, 0.5) is 0 Å². The van der Waals surface area contributed by atoms with Crippen molar-refractivity contribution in [2.45, 2.75) is 39.7 Å². The summed E-state index contributed by atoms with van der Waals surface area (Å²) in [6, 6.07) is 0. The molecule has 0 bridgehead atoms. The molecule has 0 aromatic rings. The maximum Gasteiger partial charge on any atom is 0.208 e. The highest BCUT2D eigenvalue weighted by Crippen LogP contribution is 2.07. The second-order valence-corrected chi connectivity index (χ2v) is 7.36. The average Bonchev–Trinajstić information content (AvgIpc) is 2.41. The summed E-state index contributed by atoms with van der Waals surface area (Å²) in [6.07, 6.45) is 2.05. The van der Waals surface area contributed by atoms with E-state index in [1.54, 1.807) is 5.06 Å². The van der Waals surface area contributed by atoms with Crippen molar-refractivity contribution >= 4 is 15.8 Å². The Morgan fingerprint density at radius 2 is 1.95 bits per heavy atom. The summed E-state index contributed by atoms with van der Waals surface area (Å²) in [7, 11) is -1.64. The molecule has 0 aliphatic rings. The number of nitrogens with one attached hydrogen (secondary N) is 1. The highest BCUT2D eigenvalue weighted by Gasteiger charge is 2.23. The lowest BCUT2D eigenvalue weighted by atomic mass is 10.0. The molecule has 0 heterocycles. The van der Waals surface area contributed by atoms with Crippen molar-refractivity contribution in [2.24, 2.45) is 5.92 Å². The monoisotopic (exact) mass is 338 g/mol. The fraction of sp³-hybridized carbons (Fsp3) is 0.929. The van der Waals surface area contributed by atoms with E-state index in [-0.39, 0.29) is 11.7 Å². The zero-order chi connectivity index (χ0) is 17.2. The fourth-order valence-corrected chi connectivity index (χ4v) is 2.33. The van der Waals surface area contributed by atoms with E-state index in [4.69, 9.17) is 9.57 Å². The minimum atomic E-state index is -3.16. The van der Waals surface area contributed by atoms with Crippen molar-refractivity contribution in [2.75, 3.05) is 39.6 Å². The predicted octanol–water partition coefficient (Wildman–Crippen LogP) is 0.809. The highest BCUT2D eigenvalue weighted by molar-refractivity contribution is 7.88. The van der Waals surface area contributed by atoms with E-state index in [9.17, 15) is 13.2 Å². The smallest absolute Gasteiger partial charge is 0.208 e. The first-order valence-corrected chi connectivity index (χ1v) is 9.49. The van der Waals surface area contributed by atoms with Crippen LogP contribution in [0.5, 0.6) is 0 Å². The highest BCUT2D eigenvalue weighted by atomic mass is 32.2. The van der Waals surface area contributed by atoms with Crippen LogP contribution >= 0.6 is 0 Å². The van der Waals surface area contributed by atoms with Crippen molar-refractivity contribution in [3.63, 3.8) is 0 Å². The zero-order valence-corrected chi connectivity index (χ0v) is 15.1. The van der Waals surface area contributed by atoms with Crippen molar-refractivity contribution in [1.29, 1.82) is 0 Å². The lowest BCUT2D eigenvalue weighted by Gasteiger charge is -2.26. The lowest BCUT2D eigenvalue weighted by Crippen LogP contribution is -2.40. The van der Waals surface area contributed by atoms with Gasteiger partial charge in [-0.1, -0.05) is 20.8 Å². The van der Waals surface area contributed by atoms with Crippen LogP contribution in [-0.4, -0.2) is 65.0 Å². The number of rotatable bonds is 13. The van der Waals surface area contributed by atoms with Gasteiger partial charge in [0.15, 0.2) is 5.78 Å². The average molecular weight is 338 g/mol. The number of carbonyl (C=O) groups is 1. The van der Waals surface area contributed by atoms with Gasteiger partial charge < -0.3 is 4.74 Å². The molecule has 0 aromatic carbocycles. The maximum absolute atomic E-state index is 12.0. The number of nitrogens with zero attached hydrogens (tertiary/aromatic N) is 1. The molecule has 1 N–H and O–H groups in total.